The number of nitrogens with zero attached hydrogens (tertiary/aromatic N) is 7. The molecule has 10 heteroatoms. The van der Waals surface area contributed by atoms with Crippen LogP contribution in [0.15, 0.2) is 55.1 Å². The maximum absolute atomic E-state index is 5.89. The lowest BCUT2D eigenvalue weighted by Gasteiger charge is -2.18. The van der Waals surface area contributed by atoms with Gasteiger partial charge in [0.15, 0.2) is 28.5 Å². The molecule has 5 aromatic heterocycles. The van der Waals surface area contributed by atoms with Crippen molar-refractivity contribution >= 4 is 33.5 Å². The monoisotopic (exact) mass is 465 g/mol. The average molecular weight is 466 g/mol. The first kappa shape index (κ1) is 20.0. The van der Waals surface area contributed by atoms with Crippen LogP contribution in [0.3, 0.4) is 0 Å². The maximum atomic E-state index is 5.89. The highest BCUT2D eigenvalue weighted by atomic mass is 16.5. The second kappa shape index (κ2) is 7.26. The number of aromatic nitrogens is 8. The third kappa shape index (κ3) is 3.13. The van der Waals surface area contributed by atoms with Gasteiger partial charge < -0.3 is 15.0 Å². The number of aromatic amines is 1. The summed E-state index contributed by atoms with van der Waals surface area (Å²) in [6.07, 6.45) is 6.33. The summed E-state index contributed by atoms with van der Waals surface area (Å²) in [4.78, 5) is 22.1. The van der Waals surface area contributed by atoms with E-state index in [0.717, 1.165) is 28.8 Å². The summed E-state index contributed by atoms with van der Waals surface area (Å²) in [7, 11) is 0. The zero-order valence-corrected chi connectivity index (χ0v) is 19.4. The lowest BCUT2D eigenvalue weighted by Crippen LogP contribution is -2.25. The second-order valence-corrected chi connectivity index (χ2v) is 9.42. The molecule has 0 saturated heterocycles. The normalized spacial score (nSPS) is 14.6. The van der Waals surface area contributed by atoms with Crippen LogP contribution in [0.4, 0.5) is 5.82 Å². The minimum Gasteiger partial charge on any atom is -0.462 e. The first-order valence-corrected chi connectivity index (χ1v) is 11.6. The van der Waals surface area contributed by atoms with Crippen molar-refractivity contribution in [1.29, 1.82) is 0 Å². The zero-order chi connectivity index (χ0) is 23.6. The van der Waals surface area contributed by atoms with E-state index in [0.29, 0.717) is 36.3 Å². The number of ether oxygens (including phenoxy) is 1. The quantitative estimate of drug-likeness (QED) is 0.398. The van der Waals surface area contributed by atoms with Gasteiger partial charge in [0.1, 0.15) is 12.9 Å². The molecule has 174 valence electrons. The third-order valence-corrected chi connectivity index (χ3v) is 6.53. The lowest BCUT2D eigenvalue weighted by atomic mass is 10.1. The van der Waals surface area contributed by atoms with E-state index in [1.165, 1.54) is 17.3 Å². The zero-order valence-electron chi connectivity index (χ0n) is 19.4. The van der Waals surface area contributed by atoms with Crippen LogP contribution in [0.5, 0.6) is 6.01 Å². The Morgan fingerprint density at radius 3 is 2.97 bits per heavy atom. The minimum absolute atomic E-state index is 0.257. The molecule has 6 aromatic rings. The Morgan fingerprint density at radius 2 is 2.03 bits per heavy atom. The van der Waals surface area contributed by atoms with E-state index in [2.05, 4.69) is 63.2 Å². The number of benzene rings is 1. The van der Waals surface area contributed by atoms with Crippen LogP contribution in [0.25, 0.3) is 39.1 Å². The Bertz CT molecular complexity index is 1730. The standard InChI is InChI=1S/C25H23N9O/c1-25(2)13-35-24-30-20-22(26-10-9-15-11-27-18-6-4-3-5-17(15)18)31-21(32-23(20)34(24)25)16-7-8-19-28-14-29-33(19)12-16/h3-8,11-12,14,27H,9-10,13H2,1-2H3,(H,26,31,32). The third-order valence-electron chi connectivity index (χ3n) is 6.53. The van der Waals surface area contributed by atoms with E-state index in [-0.39, 0.29) is 5.54 Å². The number of pyridine rings is 1. The van der Waals surface area contributed by atoms with Gasteiger partial charge in [-0.2, -0.15) is 10.1 Å². The molecule has 1 aromatic carbocycles. The van der Waals surface area contributed by atoms with Crippen molar-refractivity contribution in [2.24, 2.45) is 0 Å². The van der Waals surface area contributed by atoms with Crippen LogP contribution in [-0.2, 0) is 12.0 Å². The van der Waals surface area contributed by atoms with Gasteiger partial charge >= 0.3 is 0 Å². The van der Waals surface area contributed by atoms with E-state index in [4.69, 9.17) is 19.7 Å². The van der Waals surface area contributed by atoms with E-state index >= 15 is 0 Å². The van der Waals surface area contributed by atoms with Gasteiger partial charge in [-0.05, 0) is 44.0 Å². The van der Waals surface area contributed by atoms with Crippen LogP contribution in [0.1, 0.15) is 19.4 Å². The fourth-order valence-corrected chi connectivity index (χ4v) is 4.74. The Hall–Kier alpha value is -4.47. The second-order valence-electron chi connectivity index (χ2n) is 9.42. The van der Waals surface area contributed by atoms with Crippen molar-refractivity contribution in [2.75, 3.05) is 18.5 Å². The molecule has 2 N–H and O–H groups in total. The summed E-state index contributed by atoms with van der Waals surface area (Å²) < 4.78 is 9.67. The summed E-state index contributed by atoms with van der Waals surface area (Å²) in [5, 5.41) is 9.01. The van der Waals surface area contributed by atoms with Crippen LogP contribution in [0, 0.1) is 0 Å². The fourth-order valence-electron chi connectivity index (χ4n) is 4.74. The fraction of sp³-hybridized carbons (Fsp3) is 0.240. The van der Waals surface area contributed by atoms with E-state index in [9.17, 15) is 0 Å². The predicted octanol–water partition coefficient (Wildman–Crippen LogP) is 3.80. The lowest BCUT2D eigenvalue weighted by molar-refractivity contribution is 0.268. The molecule has 0 fully saturated rings. The molecule has 0 unspecified atom stereocenters. The van der Waals surface area contributed by atoms with Crippen molar-refractivity contribution in [2.45, 2.75) is 25.8 Å². The van der Waals surface area contributed by atoms with Crippen molar-refractivity contribution in [1.82, 2.24) is 39.1 Å². The van der Waals surface area contributed by atoms with Gasteiger partial charge in [-0.25, -0.2) is 19.5 Å². The van der Waals surface area contributed by atoms with Crippen molar-refractivity contribution in [3.63, 3.8) is 0 Å². The first-order chi connectivity index (χ1) is 17.1. The highest BCUT2D eigenvalue weighted by Crippen LogP contribution is 2.37. The van der Waals surface area contributed by atoms with Crippen molar-refractivity contribution in [3.8, 4) is 17.4 Å². The summed E-state index contributed by atoms with van der Waals surface area (Å²) in [6.45, 7) is 5.50. The van der Waals surface area contributed by atoms with E-state index in [1.54, 1.807) is 4.52 Å². The molecule has 0 saturated carbocycles. The number of hydrogen-bond acceptors (Lipinski definition) is 7. The number of H-pyrrole nitrogens is 1. The van der Waals surface area contributed by atoms with Gasteiger partial charge in [-0.1, -0.05) is 18.2 Å². The van der Waals surface area contributed by atoms with Crippen LogP contribution in [0.2, 0.25) is 0 Å². The van der Waals surface area contributed by atoms with Gasteiger partial charge in [0.2, 0.25) is 0 Å². The molecule has 0 aliphatic carbocycles. The van der Waals surface area contributed by atoms with Gasteiger partial charge in [0.25, 0.3) is 6.01 Å². The number of hydrogen-bond donors (Lipinski definition) is 2. The van der Waals surface area contributed by atoms with Gasteiger partial charge in [0.05, 0.1) is 5.54 Å². The molecule has 0 atom stereocenters. The molecule has 1 aliphatic heterocycles. The number of rotatable bonds is 5. The maximum Gasteiger partial charge on any atom is 0.299 e. The number of imidazole rings is 1. The molecule has 0 amide bonds. The van der Waals surface area contributed by atoms with Crippen LogP contribution in [-0.4, -0.2) is 52.3 Å². The topological polar surface area (TPSA) is 111 Å². The summed E-state index contributed by atoms with van der Waals surface area (Å²) in [5.41, 5.74) is 5.21. The molecule has 10 nitrogen and oxygen atoms in total. The Balaban J connectivity index is 1.30. The summed E-state index contributed by atoms with van der Waals surface area (Å²) in [6, 6.07) is 12.8. The van der Waals surface area contributed by atoms with Gasteiger partial charge in [0, 0.05) is 35.4 Å². The molecule has 7 rings (SSSR count). The highest BCUT2D eigenvalue weighted by molar-refractivity contribution is 5.87. The smallest absolute Gasteiger partial charge is 0.299 e. The molecule has 0 spiro atoms. The first-order valence-electron chi connectivity index (χ1n) is 11.6. The number of anilines is 1. The number of fused-ring (bicyclic) bond motifs is 5. The van der Waals surface area contributed by atoms with Gasteiger partial charge in [-0.3, -0.25) is 4.57 Å². The Labute approximate surface area is 200 Å². The molecule has 0 bridgehead atoms. The minimum atomic E-state index is -0.257. The summed E-state index contributed by atoms with van der Waals surface area (Å²) >= 11 is 0. The molecule has 1 aliphatic rings. The average Bonchev–Trinajstić information content (AvgIpc) is 3.63. The van der Waals surface area contributed by atoms with Crippen LogP contribution >= 0.6 is 0 Å². The van der Waals surface area contributed by atoms with E-state index in [1.807, 2.05) is 24.4 Å². The largest absolute Gasteiger partial charge is 0.462 e. The SMILES string of the molecule is CC1(C)COc2nc3c(NCCc4c[nH]c5ccccc45)nc(-c4ccc5ncnn5c4)nc3n21. The molecular weight excluding hydrogens is 442 g/mol. The van der Waals surface area contributed by atoms with Crippen LogP contribution < -0.4 is 10.1 Å². The Kier molecular flexibility index (Phi) is 4.14. The number of nitrogens with one attached hydrogen (secondary N) is 2. The summed E-state index contributed by atoms with van der Waals surface area (Å²) in [5.74, 6) is 1.28. The number of para-hydroxylation sites is 1. The van der Waals surface area contributed by atoms with Gasteiger partial charge in [-0.15, -0.1) is 0 Å². The highest BCUT2D eigenvalue weighted by Gasteiger charge is 2.36. The predicted molar refractivity (Wildman–Crippen MR) is 133 cm³/mol. The van der Waals surface area contributed by atoms with Crippen molar-refractivity contribution in [3.05, 3.63) is 60.7 Å². The molecule has 0 radical (unpaired) electrons. The van der Waals surface area contributed by atoms with Crippen molar-refractivity contribution < 1.29 is 4.74 Å². The molecule has 6 heterocycles. The molecule has 35 heavy (non-hydrogen) atoms. The molecular formula is C25H23N9O. The Morgan fingerprint density at radius 1 is 1.11 bits per heavy atom. The van der Waals surface area contributed by atoms with E-state index < -0.39 is 0 Å².